The van der Waals surface area contributed by atoms with Gasteiger partial charge in [0.25, 0.3) is 0 Å². The van der Waals surface area contributed by atoms with Gasteiger partial charge in [0.15, 0.2) is 17.2 Å². The smallest absolute Gasteiger partial charge is 0.187 e. The largest absolute Gasteiger partial charge is 0.318 e. The Bertz CT molecular complexity index is 1090. The Labute approximate surface area is 152 Å². The fraction of sp³-hybridized carbons (Fsp3) is 0.0588. The summed E-state index contributed by atoms with van der Waals surface area (Å²) >= 11 is 12.3. The van der Waals surface area contributed by atoms with Crippen LogP contribution in [0.1, 0.15) is 5.56 Å². The van der Waals surface area contributed by atoms with E-state index in [0.29, 0.717) is 39.3 Å². The highest BCUT2D eigenvalue weighted by Crippen LogP contribution is 2.31. The summed E-state index contributed by atoms with van der Waals surface area (Å²) in [4.78, 5) is 8.00. The summed E-state index contributed by atoms with van der Waals surface area (Å²) in [6, 6.07) is 10.9. The van der Waals surface area contributed by atoms with Crippen LogP contribution < -0.4 is 0 Å². The summed E-state index contributed by atoms with van der Waals surface area (Å²) in [6.45, 7) is 7.57. The van der Waals surface area contributed by atoms with Crippen molar-refractivity contribution in [2.24, 2.45) is 0 Å². The van der Waals surface area contributed by atoms with Crippen LogP contribution in [0.5, 0.6) is 0 Å². The van der Waals surface area contributed by atoms with E-state index < -0.39 is 0 Å². The minimum absolute atomic E-state index is 0.435. The lowest BCUT2D eigenvalue weighted by molar-refractivity contribution is 0.308. The van der Waals surface area contributed by atoms with E-state index in [0.717, 1.165) is 11.1 Å². The van der Waals surface area contributed by atoms with E-state index in [1.165, 1.54) is 6.20 Å². The number of nitrogens with zero attached hydrogens (tertiary/aromatic N) is 5. The quantitative estimate of drug-likeness (QED) is 0.477. The zero-order valence-corrected chi connectivity index (χ0v) is 14.2. The SMILES string of the molecule is [C-]#[N+]c1ccc(Cn2c(-c3cnon3)nc3cc(Cl)c(Cl)cc32)cc1. The van der Waals surface area contributed by atoms with Gasteiger partial charge in [-0.05, 0) is 22.9 Å². The lowest BCUT2D eigenvalue weighted by Gasteiger charge is -2.08. The monoisotopic (exact) mass is 369 g/mol. The molecule has 4 rings (SSSR count). The van der Waals surface area contributed by atoms with Gasteiger partial charge >= 0.3 is 0 Å². The molecule has 2 aromatic heterocycles. The average molecular weight is 370 g/mol. The van der Waals surface area contributed by atoms with Crippen LogP contribution in [-0.4, -0.2) is 19.9 Å². The Morgan fingerprint density at radius 1 is 1.12 bits per heavy atom. The summed E-state index contributed by atoms with van der Waals surface area (Å²) in [5, 5.41) is 8.41. The van der Waals surface area contributed by atoms with E-state index in [1.54, 1.807) is 24.3 Å². The van der Waals surface area contributed by atoms with E-state index in [2.05, 4.69) is 20.1 Å². The first-order valence-electron chi connectivity index (χ1n) is 7.25. The second-order valence-corrected chi connectivity index (χ2v) is 6.16. The molecule has 0 N–H and O–H groups in total. The fourth-order valence-corrected chi connectivity index (χ4v) is 2.91. The number of benzene rings is 2. The average Bonchev–Trinajstić information content (AvgIpc) is 3.25. The van der Waals surface area contributed by atoms with Gasteiger partial charge in [0.05, 0.1) is 27.7 Å². The summed E-state index contributed by atoms with van der Waals surface area (Å²) < 4.78 is 6.67. The molecule has 25 heavy (non-hydrogen) atoms. The standard InChI is InChI=1S/C17H9Cl2N5O/c1-20-11-4-2-10(3-5-11)9-24-16-7-13(19)12(18)6-14(16)22-17(24)15-8-21-25-23-15/h2-8H,9H2. The van der Waals surface area contributed by atoms with Crippen LogP contribution in [0, 0.1) is 6.57 Å². The lowest BCUT2D eigenvalue weighted by atomic mass is 10.2. The molecule has 0 fully saturated rings. The number of imidazole rings is 1. The predicted molar refractivity (Wildman–Crippen MR) is 94.9 cm³/mol. The number of fused-ring (bicyclic) bond motifs is 1. The molecule has 0 aliphatic rings. The first kappa shape index (κ1) is 15.6. The molecule has 8 heteroatoms. The van der Waals surface area contributed by atoms with Crippen LogP contribution in [0.4, 0.5) is 5.69 Å². The highest BCUT2D eigenvalue weighted by Gasteiger charge is 2.17. The molecule has 6 nitrogen and oxygen atoms in total. The number of halogens is 2. The van der Waals surface area contributed by atoms with E-state index in [4.69, 9.17) is 34.4 Å². The van der Waals surface area contributed by atoms with E-state index in [1.807, 2.05) is 16.7 Å². The Morgan fingerprint density at radius 2 is 1.88 bits per heavy atom. The third-order valence-electron chi connectivity index (χ3n) is 3.79. The molecular weight excluding hydrogens is 361 g/mol. The highest BCUT2D eigenvalue weighted by atomic mass is 35.5. The van der Waals surface area contributed by atoms with Gasteiger partial charge in [0.2, 0.25) is 0 Å². The van der Waals surface area contributed by atoms with Gasteiger partial charge in [-0.25, -0.2) is 14.5 Å². The Balaban J connectivity index is 1.88. The molecule has 0 spiro atoms. The molecule has 0 aliphatic carbocycles. The minimum Gasteiger partial charge on any atom is -0.318 e. The Hall–Kier alpha value is -2.88. The molecular formula is C17H9Cl2N5O. The molecule has 0 saturated carbocycles. The van der Waals surface area contributed by atoms with Crippen LogP contribution in [0.2, 0.25) is 10.0 Å². The first-order chi connectivity index (χ1) is 12.2. The maximum Gasteiger partial charge on any atom is 0.187 e. The van der Waals surface area contributed by atoms with Gasteiger partial charge in [-0.1, -0.05) is 52.6 Å². The molecule has 4 aromatic rings. The zero-order chi connectivity index (χ0) is 17.4. The molecule has 0 atom stereocenters. The number of aromatic nitrogens is 4. The van der Waals surface area contributed by atoms with Crippen molar-refractivity contribution in [2.75, 3.05) is 0 Å². The van der Waals surface area contributed by atoms with Gasteiger partial charge in [-0.2, -0.15) is 0 Å². The Morgan fingerprint density at radius 3 is 2.56 bits per heavy atom. The number of hydrogen-bond donors (Lipinski definition) is 0. The van der Waals surface area contributed by atoms with Crippen molar-refractivity contribution in [2.45, 2.75) is 6.54 Å². The molecule has 2 heterocycles. The number of hydrogen-bond acceptors (Lipinski definition) is 4. The predicted octanol–water partition coefficient (Wildman–Crippen LogP) is 4.99. The van der Waals surface area contributed by atoms with Crippen molar-refractivity contribution in [1.29, 1.82) is 0 Å². The van der Waals surface area contributed by atoms with E-state index >= 15 is 0 Å². The molecule has 0 unspecified atom stereocenters. The second kappa shape index (κ2) is 6.20. The number of rotatable bonds is 3. The summed E-state index contributed by atoms with van der Waals surface area (Å²) in [5.74, 6) is 0.601. The topological polar surface area (TPSA) is 61.1 Å². The van der Waals surface area contributed by atoms with Crippen LogP contribution in [0.15, 0.2) is 47.2 Å². The van der Waals surface area contributed by atoms with Gasteiger partial charge in [0, 0.05) is 6.54 Å². The molecule has 0 saturated heterocycles. The maximum atomic E-state index is 7.05. The summed E-state index contributed by atoms with van der Waals surface area (Å²) in [7, 11) is 0. The molecule has 2 aromatic carbocycles. The van der Waals surface area contributed by atoms with Crippen LogP contribution in [-0.2, 0) is 6.54 Å². The van der Waals surface area contributed by atoms with Gasteiger partial charge < -0.3 is 4.57 Å². The van der Waals surface area contributed by atoms with Crippen LogP contribution >= 0.6 is 23.2 Å². The molecule has 0 bridgehead atoms. The van der Waals surface area contributed by atoms with Crippen molar-refractivity contribution >= 4 is 39.9 Å². The third kappa shape index (κ3) is 2.84. The van der Waals surface area contributed by atoms with Crippen molar-refractivity contribution in [3.05, 3.63) is 69.6 Å². The summed E-state index contributed by atoms with van der Waals surface area (Å²) in [6.07, 6.45) is 1.50. The lowest BCUT2D eigenvalue weighted by Crippen LogP contribution is -2.02. The van der Waals surface area contributed by atoms with Crippen LogP contribution in [0.3, 0.4) is 0 Å². The molecule has 0 radical (unpaired) electrons. The van der Waals surface area contributed by atoms with E-state index in [9.17, 15) is 0 Å². The second-order valence-electron chi connectivity index (χ2n) is 5.35. The summed E-state index contributed by atoms with van der Waals surface area (Å²) in [5.41, 5.74) is 3.64. The molecule has 0 aliphatic heterocycles. The van der Waals surface area contributed by atoms with Gasteiger partial charge in [0.1, 0.15) is 6.20 Å². The maximum absolute atomic E-state index is 7.05. The third-order valence-corrected chi connectivity index (χ3v) is 4.51. The van der Waals surface area contributed by atoms with Crippen molar-refractivity contribution < 1.29 is 4.63 Å². The highest BCUT2D eigenvalue weighted by molar-refractivity contribution is 6.42. The minimum atomic E-state index is 0.435. The van der Waals surface area contributed by atoms with Crippen molar-refractivity contribution in [3.63, 3.8) is 0 Å². The van der Waals surface area contributed by atoms with Crippen molar-refractivity contribution in [1.82, 2.24) is 19.9 Å². The molecule has 0 amide bonds. The zero-order valence-electron chi connectivity index (χ0n) is 12.6. The Kier molecular flexibility index (Phi) is 3.88. The van der Waals surface area contributed by atoms with Crippen molar-refractivity contribution in [3.8, 4) is 11.5 Å². The van der Waals surface area contributed by atoms with Crippen LogP contribution in [0.25, 0.3) is 27.4 Å². The van der Waals surface area contributed by atoms with Gasteiger partial charge in [-0.3, -0.25) is 0 Å². The van der Waals surface area contributed by atoms with E-state index in [-0.39, 0.29) is 0 Å². The normalized spacial score (nSPS) is 10.9. The molecule has 122 valence electrons. The van der Waals surface area contributed by atoms with Gasteiger partial charge in [-0.15, -0.1) is 0 Å². The fourth-order valence-electron chi connectivity index (χ4n) is 2.60. The first-order valence-corrected chi connectivity index (χ1v) is 8.01.